The van der Waals surface area contributed by atoms with Gasteiger partial charge in [-0.3, -0.25) is 4.99 Å². The van der Waals surface area contributed by atoms with Gasteiger partial charge in [0, 0.05) is 26.7 Å². The quantitative estimate of drug-likeness (QED) is 0.677. The second-order valence-electron chi connectivity index (χ2n) is 5.70. The number of aliphatic imine (C=N–C) groups is 1. The van der Waals surface area contributed by atoms with Gasteiger partial charge in [-0.25, -0.2) is 0 Å². The average Bonchev–Trinajstić information content (AvgIpc) is 2.49. The number of nitrogens with one attached hydrogen (secondary N) is 1. The first kappa shape index (κ1) is 14.9. The molecule has 0 bridgehead atoms. The summed E-state index contributed by atoms with van der Waals surface area (Å²) in [4.78, 5) is 6.82. The van der Waals surface area contributed by atoms with Crippen LogP contribution in [0.25, 0.3) is 0 Å². The topological polar surface area (TPSA) is 27.6 Å². The lowest BCUT2D eigenvalue weighted by Crippen LogP contribution is -2.48. The molecule has 1 fully saturated rings. The molecule has 0 aromatic heterocycles. The van der Waals surface area contributed by atoms with E-state index in [0.29, 0.717) is 11.8 Å². The minimum atomic E-state index is 0.659. The number of hydrogen-bond acceptors (Lipinski definition) is 1. The van der Waals surface area contributed by atoms with Gasteiger partial charge in [-0.1, -0.05) is 44.2 Å². The molecule has 1 N–H and O–H groups in total. The molecule has 0 spiro atoms. The fraction of sp³-hybridized carbons (Fsp3) is 0.588. The van der Waals surface area contributed by atoms with Gasteiger partial charge < -0.3 is 10.2 Å². The van der Waals surface area contributed by atoms with Crippen LogP contribution in [0.5, 0.6) is 0 Å². The monoisotopic (exact) mass is 273 g/mol. The van der Waals surface area contributed by atoms with E-state index in [4.69, 9.17) is 0 Å². The highest BCUT2D eigenvalue weighted by Crippen LogP contribution is 2.32. The Kier molecular flexibility index (Phi) is 5.45. The molecular weight excluding hydrogens is 246 g/mol. The van der Waals surface area contributed by atoms with Crippen molar-refractivity contribution in [1.82, 2.24) is 10.2 Å². The van der Waals surface area contributed by atoms with Gasteiger partial charge >= 0.3 is 0 Å². The predicted molar refractivity (Wildman–Crippen MR) is 86.2 cm³/mol. The van der Waals surface area contributed by atoms with Crippen LogP contribution in [0.15, 0.2) is 35.3 Å². The maximum absolute atomic E-state index is 4.41. The summed E-state index contributed by atoms with van der Waals surface area (Å²) < 4.78 is 0. The zero-order valence-corrected chi connectivity index (χ0v) is 13.0. The summed E-state index contributed by atoms with van der Waals surface area (Å²) in [5, 5.41) is 3.44. The van der Waals surface area contributed by atoms with E-state index in [1.54, 1.807) is 0 Å². The number of hydrogen-bond donors (Lipinski definition) is 1. The van der Waals surface area contributed by atoms with Crippen LogP contribution in [0.3, 0.4) is 0 Å². The smallest absolute Gasteiger partial charge is 0.193 e. The van der Waals surface area contributed by atoms with Crippen molar-refractivity contribution in [2.45, 2.75) is 32.6 Å². The Labute approximate surface area is 123 Å². The highest BCUT2D eigenvalue weighted by molar-refractivity contribution is 5.80. The fourth-order valence-electron chi connectivity index (χ4n) is 3.10. The zero-order chi connectivity index (χ0) is 14.4. The van der Waals surface area contributed by atoms with Crippen molar-refractivity contribution in [2.75, 3.05) is 26.7 Å². The molecule has 1 heterocycles. The van der Waals surface area contributed by atoms with Crippen LogP contribution in [0.2, 0.25) is 0 Å². The van der Waals surface area contributed by atoms with Crippen molar-refractivity contribution >= 4 is 5.96 Å². The molecular formula is C17H27N3. The average molecular weight is 273 g/mol. The Bertz CT molecular complexity index is 427. The van der Waals surface area contributed by atoms with Gasteiger partial charge in [0.15, 0.2) is 5.96 Å². The van der Waals surface area contributed by atoms with Gasteiger partial charge in [0.05, 0.1) is 0 Å². The first-order valence-corrected chi connectivity index (χ1v) is 7.76. The SMILES string of the molecule is CCCNC(=NC)N1CCC(c2ccccc2)C(C)C1. The maximum atomic E-state index is 4.41. The minimum Gasteiger partial charge on any atom is -0.356 e. The Morgan fingerprint density at radius 2 is 2.10 bits per heavy atom. The van der Waals surface area contributed by atoms with Gasteiger partial charge in [-0.2, -0.15) is 0 Å². The van der Waals surface area contributed by atoms with Crippen LogP contribution in [0.4, 0.5) is 0 Å². The summed E-state index contributed by atoms with van der Waals surface area (Å²) in [6.45, 7) is 7.72. The number of nitrogens with zero attached hydrogens (tertiary/aromatic N) is 2. The summed E-state index contributed by atoms with van der Waals surface area (Å²) >= 11 is 0. The number of benzene rings is 1. The van der Waals surface area contributed by atoms with E-state index in [0.717, 1.165) is 32.0 Å². The maximum Gasteiger partial charge on any atom is 0.193 e. The zero-order valence-electron chi connectivity index (χ0n) is 13.0. The van der Waals surface area contributed by atoms with E-state index in [1.165, 1.54) is 12.0 Å². The molecule has 0 aliphatic carbocycles. The van der Waals surface area contributed by atoms with Crippen molar-refractivity contribution in [3.05, 3.63) is 35.9 Å². The molecule has 2 unspecified atom stereocenters. The molecule has 110 valence electrons. The summed E-state index contributed by atoms with van der Waals surface area (Å²) in [6, 6.07) is 10.9. The third-order valence-electron chi connectivity index (χ3n) is 4.18. The fourth-order valence-corrected chi connectivity index (χ4v) is 3.10. The van der Waals surface area contributed by atoms with Crippen LogP contribution in [-0.4, -0.2) is 37.5 Å². The van der Waals surface area contributed by atoms with Crippen LogP contribution in [0.1, 0.15) is 38.2 Å². The van der Waals surface area contributed by atoms with E-state index in [1.807, 2.05) is 7.05 Å². The van der Waals surface area contributed by atoms with Gasteiger partial charge in [0.25, 0.3) is 0 Å². The summed E-state index contributed by atoms with van der Waals surface area (Å²) in [6.07, 6.45) is 2.34. The number of rotatable bonds is 3. The first-order chi connectivity index (χ1) is 9.76. The van der Waals surface area contributed by atoms with E-state index >= 15 is 0 Å². The summed E-state index contributed by atoms with van der Waals surface area (Å²) in [7, 11) is 1.88. The second-order valence-corrected chi connectivity index (χ2v) is 5.70. The van der Waals surface area contributed by atoms with Crippen LogP contribution in [-0.2, 0) is 0 Å². The molecule has 20 heavy (non-hydrogen) atoms. The third-order valence-corrected chi connectivity index (χ3v) is 4.18. The highest BCUT2D eigenvalue weighted by atomic mass is 15.3. The normalized spacial score (nSPS) is 23.8. The molecule has 0 amide bonds. The lowest BCUT2D eigenvalue weighted by atomic mass is 9.82. The summed E-state index contributed by atoms with van der Waals surface area (Å²) in [5.41, 5.74) is 1.48. The van der Waals surface area contributed by atoms with Crippen LogP contribution in [0, 0.1) is 5.92 Å². The number of guanidine groups is 1. The first-order valence-electron chi connectivity index (χ1n) is 7.76. The van der Waals surface area contributed by atoms with Gasteiger partial charge in [0.1, 0.15) is 0 Å². The molecule has 1 aliphatic heterocycles. The minimum absolute atomic E-state index is 0.659. The van der Waals surface area contributed by atoms with Gasteiger partial charge in [-0.05, 0) is 30.2 Å². The van der Waals surface area contributed by atoms with Gasteiger partial charge in [-0.15, -0.1) is 0 Å². The molecule has 1 aromatic carbocycles. The molecule has 3 heteroatoms. The second kappa shape index (κ2) is 7.32. The molecule has 2 rings (SSSR count). The molecule has 1 aromatic rings. The Balaban J connectivity index is 1.98. The van der Waals surface area contributed by atoms with E-state index in [-0.39, 0.29) is 0 Å². The number of likely N-dealkylation sites (tertiary alicyclic amines) is 1. The van der Waals surface area contributed by atoms with E-state index in [2.05, 4.69) is 59.4 Å². The Morgan fingerprint density at radius 1 is 1.35 bits per heavy atom. The molecule has 1 aliphatic rings. The predicted octanol–water partition coefficient (Wildman–Crippen LogP) is 3.10. The molecule has 2 atom stereocenters. The number of piperidine rings is 1. The van der Waals surface area contributed by atoms with Crippen molar-refractivity contribution < 1.29 is 0 Å². The van der Waals surface area contributed by atoms with Crippen molar-refractivity contribution in [3.63, 3.8) is 0 Å². The highest BCUT2D eigenvalue weighted by Gasteiger charge is 2.28. The van der Waals surface area contributed by atoms with Crippen molar-refractivity contribution in [3.8, 4) is 0 Å². The Morgan fingerprint density at radius 3 is 2.70 bits per heavy atom. The standard InChI is InChI=1S/C17H27N3/c1-4-11-19-17(18-3)20-12-10-16(14(2)13-20)15-8-6-5-7-9-15/h5-9,14,16H,4,10-13H2,1-3H3,(H,18,19). The van der Waals surface area contributed by atoms with Crippen molar-refractivity contribution in [2.24, 2.45) is 10.9 Å². The molecule has 0 saturated carbocycles. The van der Waals surface area contributed by atoms with E-state index < -0.39 is 0 Å². The van der Waals surface area contributed by atoms with Crippen molar-refractivity contribution in [1.29, 1.82) is 0 Å². The summed E-state index contributed by atoms with van der Waals surface area (Å²) in [5.74, 6) is 2.40. The Hall–Kier alpha value is -1.51. The van der Waals surface area contributed by atoms with Crippen LogP contribution >= 0.6 is 0 Å². The molecule has 3 nitrogen and oxygen atoms in total. The van der Waals surface area contributed by atoms with E-state index in [9.17, 15) is 0 Å². The lowest BCUT2D eigenvalue weighted by Gasteiger charge is -2.38. The van der Waals surface area contributed by atoms with Crippen LogP contribution < -0.4 is 5.32 Å². The lowest BCUT2D eigenvalue weighted by molar-refractivity contribution is 0.234. The largest absolute Gasteiger partial charge is 0.356 e. The third kappa shape index (κ3) is 3.53. The molecule has 1 saturated heterocycles. The van der Waals surface area contributed by atoms with Gasteiger partial charge in [0.2, 0.25) is 0 Å². The molecule has 0 radical (unpaired) electrons.